The summed E-state index contributed by atoms with van der Waals surface area (Å²) in [6.07, 6.45) is -0.135. The average Bonchev–Trinajstić information content (AvgIpc) is 2.83. The monoisotopic (exact) mass is 500 g/mol. The maximum atomic E-state index is 14.5. The second kappa shape index (κ2) is 12.5. The van der Waals surface area contributed by atoms with Gasteiger partial charge < -0.3 is 25.7 Å². The van der Waals surface area contributed by atoms with Crippen molar-refractivity contribution in [2.45, 2.75) is 19.0 Å². The summed E-state index contributed by atoms with van der Waals surface area (Å²) in [5.74, 6) is -0.229. The highest BCUT2D eigenvalue weighted by atomic mass is 19.3. The standard InChI is InChI=1S/C27H27F3N2O4/c28-13-1-14-34-24-9-5-21(6-10-24)27(29,30)36-25-7-2-19(3-8-25)4-11-26(33)35-15-12-20-16-22(31)18-23(32)17-20/h2-11,16-18H,1,12-15,31-32H2/b11-4+. The van der Waals surface area contributed by atoms with Crippen LogP contribution in [-0.2, 0) is 22.1 Å². The van der Waals surface area contributed by atoms with Crippen LogP contribution >= 0.6 is 0 Å². The first-order valence-electron chi connectivity index (χ1n) is 11.2. The number of hydrogen-bond donors (Lipinski definition) is 2. The summed E-state index contributed by atoms with van der Waals surface area (Å²) in [4.78, 5) is 11.9. The lowest BCUT2D eigenvalue weighted by molar-refractivity contribution is -0.185. The number of ether oxygens (including phenoxy) is 3. The number of benzene rings is 3. The van der Waals surface area contributed by atoms with E-state index in [1.807, 2.05) is 0 Å². The van der Waals surface area contributed by atoms with Crippen molar-refractivity contribution in [2.75, 3.05) is 31.4 Å². The zero-order chi connectivity index (χ0) is 26.0. The van der Waals surface area contributed by atoms with Gasteiger partial charge >= 0.3 is 12.1 Å². The van der Waals surface area contributed by atoms with Crippen LogP contribution in [-0.4, -0.2) is 25.9 Å². The smallest absolute Gasteiger partial charge is 0.426 e. The molecule has 0 heterocycles. The van der Waals surface area contributed by atoms with E-state index in [-0.39, 0.29) is 30.9 Å². The summed E-state index contributed by atoms with van der Waals surface area (Å²) in [5, 5.41) is 0. The van der Waals surface area contributed by atoms with Crippen molar-refractivity contribution in [3.8, 4) is 11.5 Å². The Morgan fingerprint density at radius 2 is 1.53 bits per heavy atom. The third kappa shape index (κ3) is 8.26. The maximum Gasteiger partial charge on any atom is 0.426 e. The van der Waals surface area contributed by atoms with Crippen molar-refractivity contribution in [1.82, 2.24) is 0 Å². The zero-order valence-electron chi connectivity index (χ0n) is 19.5. The van der Waals surface area contributed by atoms with Gasteiger partial charge in [-0.3, -0.25) is 4.39 Å². The van der Waals surface area contributed by atoms with Crippen molar-refractivity contribution in [3.63, 3.8) is 0 Å². The van der Waals surface area contributed by atoms with Crippen LogP contribution in [0.2, 0.25) is 0 Å². The molecule has 0 saturated heterocycles. The van der Waals surface area contributed by atoms with Gasteiger partial charge in [0.15, 0.2) is 0 Å². The van der Waals surface area contributed by atoms with Crippen LogP contribution in [0.25, 0.3) is 6.08 Å². The van der Waals surface area contributed by atoms with Gasteiger partial charge in [-0.05, 0) is 71.8 Å². The molecule has 6 nitrogen and oxygen atoms in total. The van der Waals surface area contributed by atoms with E-state index in [1.54, 1.807) is 18.2 Å². The molecule has 36 heavy (non-hydrogen) atoms. The van der Waals surface area contributed by atoms with Crippen LogP contribution < -0.4 is 20.9 Å². The molecule has 0 unspecified atom stereocenters. The van der Waals surface area contributed by atoms with Crippen LogP contribution in [0.4, 0.5) is 24.5 Å². The molecule has 0 fully saturated rings. The van der Waals surface area contributed by atoms with Crippen molar-refractivity contribution in [3.05, 3.63) is 89.5 Å². The molecule has 0 radical (unpaired) electrons. The van der Waals surface area contributed by atoms with Crippen molar-refractivity contribution in [2.24, 2.45) is 0 Å². The van der Waals surface area contributed by atoms with Crippen LogP contribution in [0.3, 0.4) is 0 Å². The fraction of sp³-hybridized carbons (Fsp3) is 0.222. The number of halogens is 3. The highest BCUT2D eigenvalue weighted by molar-refractivity contribution is 5.87. The lowest BCUT2D eigenvalue weighted by Gasteiger charge is -2.18. The minimum Gasteiger partial charge on any atom is -0.494 e. The number of carbonyl (C=O) groups excluding carboxylic acids is 1. The van der Waals surface area contributed by atoms with Gasteiger partial charge in [-0.25, -0.2) is 4.79 Å². The number of nitrogens with two attached hydrogens (primary N) is 2. The molecule has 0 atom stereocenters. The van der Waals surface area contributed by atoms with E-state index in [4.69, 9.17) is 25.7 Å². The Balaban J connectivity index is 1.48. The van der Waals surface area contributed by atoms with E-state index >= 15 is 0 Å². The number of alkyl halides is 3. The summed E-state index contributed by atoms with van der Waals surface area (Å²) in [6.45, 7) is -0.192. The van der Waals surface area contributed by atoms with E-state index in [0.29, 0.717) is 29.1 Å². The van der Waals surface area contributed by atoms with Gasteiger partial charge in [-0.15, -0.1) is 0 Å². The summed E-state index contributed by atoms with van der Waals surface area (Å²) in [7, 11) is 0. The Kier molecular flexibility index (Phi) is 9.21. The minimum atomic E-state index is -3.58. The minimum absolute atomic E-state index is 0.0515. The summed E-state index contributed by atoms with van der Waals surface area (Å²) >= 11 is 0. The first kappa shape index (κ1) is 26.5. The number of carbonyl (C=O) groups is 1. The molecule has 9 heteroatoms. The first-order valence-corrected chi connectivity index (χ1v) is 11.2. The van der Waals surface area contributed by atoms with E-state index in [0.717, 1.165) is 5.56 Å². The Bertz CT molecular complexity index is 1150. The molecule has 0 aliphatic rings. The lowest BCUT2D eigenvalue weighted by Crippen LogP contribution is -2.21. The molecule has 3 aromatic rings. The molecule has 0 saturated carbocycles. The van der Waals surface area contributed by atoms with E-state index < -0.39 is 18.8 Å². The molecule has 0 spiro atoms. The number of hydrogen-bond acceptors (Lipinski definition) is 6. The van der Waals surface area contributed by atoms with Crippen LogP contribution in [0.15, 0.2) is 72.8 Å². The topological polar surface area (TPSA) is 96.8 Å². The number of esters is 1. The summed E-state index contributed by atoms with van der Waals surface area (Å²) < 4.78 is 56.4. The van der Waals surface area contributed by atoms with Gasteiger partial charge in [0.1, 0.15) is 11.5 Å². The largest absolute Gasteiger partial charge is 0.494 e. The number of anilines is 2. The van der Waals surface area contributed by atoms with E-state index in [2.05, 4.69) is 0 Å². The Morgan fingerprint density at radius 3 is 2.17 bits per heavy atom. The van der Waals surface area contributed by atoms with Crippen LogP contribution in [0.1, 0.15) is 23.1 Å². The van der Waals surface area contributed by atoms with Crippen molar-refractivity contribution in [1.29, 1.82) is 0 Å². The second-order valence-electron chi connectivity index (χ2n) is 7.86. The number of nitrogen functional groups attached to an aromatic ring is 2. The van der Waals surface area contributed by atoms with Crippen molar-refractivity contribution < 1.29 is 32.2 Å². The SMILES string of the molecule is Nc1cc(N)cc(CCOC(=O)/C=C/c2ccc(OC(F)(F)c3ccc(OCCCF)cc3)cc2)c1. The Morgan fingerprint density at radius 1 is 0.889 bits per heavy atom. The normalized spacial score (nSPS) is 11.4. The molecule has 0 aliphatic carbocycles. The van der Waals surface area contributed by atoms with Gasteiger partial charge in [-0.2, -0.15) is 8.78 Å². The second-order valence-corrected chi connectivity index (χ2v) is 7.86. The zero-order valence-corrected chi connectivity index (χ0v) is 19.5. The summed E-state index contributed by atoms with van der Waals surface area (Å²) in [6, 6.07) is 16.1. The first-order chi connectivity index (χ1) is 17.2. The maximum absolute atomic E-state index is 14.5. The molecule has 0 aliphatic heterocycles. The van der Waals surface area contributed by atoms with Crippen LogP contribution in [0.5, 0.6) is 11.5 Å². The molecule has 0 bridgehead atoms. The highest BCUT2D eigenvalue weighted by Crippen LogP contribution is 2.32. The quantitative estimate of drug-likeness (QED) is 0.147. The Hall–Kier alpha value is -4.14. The van der Waals surface area contributed by atoms with Crippen LogP contribution in [0, 0.1) is 0 Å². The summed E-state index contributed by atoms with van der Waals surface area (Å²) in [5.41, 5.74) is 13.7. The molecular formula is C27H27F3N2O4. The van der Waals surface area contributed by atoms with E-state index in [1.165, 1.54) is 60.7 Å². The predicted molar refractivity (Wildman–Crippen MR) is 132 cm³/mol. The lowest BCUT2D eigenvalue weighted by atomic mass is 10.1. The molecule has 3 aromatic carbocycles. The molecule has 0 aromatic heterocycles. The predicted octanol–water partition coefficient (Wildman–Crippen LogP) is 5.52. The molecular weight excluding hydrogens is 473 g/mol. The van der Waals surface area contributed by atoms with Gasteiger partial charge in [0.2, 0.25) is 0 Å². The third-order valence-electron chi connectivity index (χ3n) is 4.95. The molecule has 190 valence electrons. The average molecular weight is 501 g/mol. The van der Waals surface area contributed by atoms with Gasteiger partial charge in [0, 0.05) is 30.3 Å². The van der Waals surface area contributed by atoms with Gasteiger partial charge in [0.05, 0.1) is 25.5 Å². The third-order valence-corrected chi connectivity index (χ3v) is 4.95. The molecule has 0 amide bonds. The van der Waals surface area contributed by atoms with E-state index in [9.17, 15) is 18.0 Å². The fourth-order valence-corrected chi connectivity index (χ4v) is 3.22. The fourth-order valence-electron chi connectivity index (χ4n) is 3.22. The molecule has 3 rings (SSSR count). The Labute approximate surface area is 207 Å². The van der Waals surface area contributed by atoms with Gasteiger partial charge in [0.25, 0.3) is 0 Å². The number of rotatable bonds is 12. The molecule has 4 N–H and O–H groups in total. The van der Waals surface area contributed by atoms with Crippen molar-refractivity contribution >= 4 is 23.4 Å². The highest BCUT2D eigenvalue weighted by Gasteiger charge is 2.34. The van der Waals surface area contributed by atoms with Gasteiger partial charge in [-0.1, -0.05) is 12.1 Å².